The van der Waals surface area contributed by atoms with Crippen molar-refractivity contribution in [2.45, 2.75) is 12.5 Å². The van der Waals surface area contributed by atoms with Crippen LogP contribution in [0.25, 0.3) is 0 Å². The van der Waals surface area contributed by atoms with Crippen molar-refractivity contribution in [1.29, 1.82) is 0 Å². The molecule has 4 rings (SSSR count). The second-order valence-electron chi connectivity index (χ2n) is 7.05. The SMILES string of the molecule is O=Cc1cccc(OCC(=O)N2N=C(c3cccc(Br)c3)CC2c2ccc(Cl)cc2)c1. The predicted molar refractivity (Wildman–Crippen MR) is 124 cm³/mol. The summed E-state index contributed by atoms with van der Waals surface area (Å²) in [7, 11) is 0. The topological polar surface area (TPSA) is 59.0 Å². The Morgan fingerprint density at radius 2 is 1.90 bits per heavy atom. The van der Waals surface area contributed by atoms with Crippen molar-refractivity contribution in [2.24, 2.45) is 5.10 Å². The van der Waals surface area contributed by atoms with Gasteiger partial charge in [0.2, 0.25) is 0 Å². The van der Waals surface area contributed by atoms with E-state index in [-0.39, 0.29) is 18.6 Å². The second kappa shape index (κ2) is 9.45. The summed E-state index contributed by atoms with van der Waals surface area (Å²) < 4.78 is 6.58. The molecule has 0 saturated heterocycles. The fraction of sp³-hybridized carbons (Fsp3) is 0.125. The fourth-order valence-corrected chi connectivity index (χ4v) is 3.94. The van der Waals surface area contributed by atoms with Gasteiger partial charge in [0.25, 0.3) is 5.91 Å². The van der Waals surface area contributed by atoms with Gasteiger partial charge in [0.1, 0.15) is 12.0 Å². The molecule has 1 unspecified atom stereocenters. The van der Waals surface area contributed by atoms with Crippen LogP contribution in [-0.4, -0.2) is 29.5 Å². The minimum Gasteiger partial charge on any atom is -0.484 e. The van der Waals surface area contributed by atoms with E-state index in [4.69, 9.17) is 16.3 Å². The van der Waals surface area contributed by atoms with Gasteiger partial charge in [0.15, 0.2) is 6.61 Å². The van der Waals surface area contributed by atoms with Gasteiger partial charge < -0.3 is 4.74 Å². The number of hydrogen-bond acceptors (Lipinski definition) is 4. The molecule has 31 heavy (non-hydrogen) atoms. The summed E-state index contributed by atoms with van der Waals surface area (Å²) in [5, 5.41) is 6.74. The number of rotatable bonds is 6. The quantitative estimate of drug-likeness (QED) is 0.412. The highest BCUT2D eigenvalue weighted by atomic mass is 79.9. The summed E-state index contributed by atoms with van der Waals surface area (Å²) in [6, 6.07) is 21.7. The van der Waals surface area contributed by atoms with Crippen LogP contribution < -0.4 is 4.74 Å². The van der Waals surface area contributed by atoms with Gasteiger partial charge in [-0.15, -0.1) is 0 Å². The third-order valence-corrected chi connectivity index (χ3v) is 5.68. The molecule has 0 bridgehead atoms. The molecule has 5 nitrogen and oxygen atoms in total. The van der Waals surface area contributed by atoms with Crippen molar-refractivity contribution in [3.63, 3.8) is 0 Å². The van der Waals surface area contributed by atoms with Gasteiger partial charge in [0.05, 0.1) is 11.8 Å². The lowest BCUT2D eigenvalue weighted by molar-refractivity contribution is -0.135. The first-order valence-electron chi connectivity index (χ1n) is 9.62. The summed E-state index contributed by atoms with van der Waals surface area (Å²) in [5.41, 5.74) is 3.19. The lowest BCUT2D eigenvalue weighted by atomic mass is 9.98. The molecule has 1 aliphatic heterocycles. The van der Waals surface area contributed by atoms with Crippen molar-refractivity contribution in [2.75, 3.05) is 6.61 Å². The summed E-state index contributed by atoms with van der Waals surface area (Å²) in [6.07, 6.45) is 1.31. The lowest BCUT2D eigenvalue weighted by Gasteiger charge is -2.22. The molecule has 1 amide bonds. The van der Waals surface area contributed by atoms with E-state index >= 15 is 0 Å². The number of ether oxygens (including phenoxy) is 1. The highest BCUT2D eigenvalue weighted by Crippen LogP contribution is 2.34. The zero-order valence-electron chi connectivity index (χ0n) is 16.4. The molecule has 0 N–H and O–H groups in total. The van der Waals surface area contributed by atoms with Crippen LogP contribution in [0, 0.1) is 0 Å². The number of carbonyl (C=O) groups is 2. The Bertz CT molecular complexity index is 1150. The number of nitrogens with zero attached hydrogens (tertiary/aromatic N) is 2. The Labute approximate surface area is 193 Å². The van der Waals surface area contributed by atoms with Crippen LogP contribution in [0.15, 0.2) is 82.4 Å². The van der Waals surface area contributed by atoms with Crippen LogP contribution in [0.1, 0.15) is 33.9 Å². The minimum absolute atomic E-state index is 0.193. The Hall–Kier alpha value is -2.96. The first kappa shape index (κ1) is 21.3. The van der Waals surface area contributed by atoms with Crippen LogP contribution in [0.2, 0.25) is 5.02 Å². The average molecular weight is 498 g/mol. The van der Waals surface area contributed by atoms with Crippen molar-refractivity contribution in [3.8, 4) is 5.75 Å². The molecule has 0 spiro atoms. The van der Waals surface area contributed by atoms with E-state index in [2.05, 4.69) is 21.0 Å². The molecule has 0 fully saturated rings. The van der Waals surface area contributed by atoms with E-state index in [0.717, 1.165) is 27.6 Å². The zero-order chi connectivity index (χ0) is 21.8. The number of hydrazone groups is 1. The zero-order valence-corrected chi connectivity index (χ0v) is 18.7. The Balaban J connectivity index is 1.58. The van der Waals surface area contributed by atoms with Crippen LogP contribution in [0.3, 0.4) is 0 Å². The van der Waals surface area contributed by atoms with Gasteiger partial charge >= 0.3 is 0 Å². The Morgan fingerprint density at radius 1 is 1.13 bits per heavy atom. The van der Waals surface area contributed by atoms with Crippen molar-refractivity contribution in [3.05, 3.63) is 99.0 Å². The molecule has 0 aromatic heterocycles. The van der Waals surface area contributed by atoms with Gasteiger partial charge in [-0.2, -0.15) is 5.10 Å². The van der Waals surface area contributed by atoms with Crippen LogP contribution in [0.5, 0.6) is 5.75 Å². The molecule has 7 heteroatoms. The first-order chi connectivity index (χ1) is 15.0. The van der Waals surface area contributed by atoms with E-state index in [0.29, 0.717) is 22.8 Å². The van der Waals surface area contributed by atoms with Gasteiger partial charge in [-0.05, 0) is 47.5 Å². The van der Waals surface area contributed by atoms with E-state index in [1.54, 1.807) is 36.4 Å². The molecule has 1 aliphatic rings. The van der Waals surface area contributed by atoms with Crippen molar-refractivity contribution < 1.29 is 14.3 Å². The van der Waals surface area contributed by atoms with E-state index in [9.17, 15) is 9.59 Å². The summed E-state index contributed by atoms with van der Waals surface area (Å²) in [4.78, 5) is 24.0. The van der Waals surface area contributed by atoms with E-state index in [1.165, 1.54) is 5.01 Å². The van der Waals surface area contributed by atoms with Crippen LogP contribution in [-0.2, 0) is 4.79 Å². The monoisotopic (exact) mass is 496 g/mol. The maximum atomic E-state index is 13.1. The Morgan fingerprint density at radius 3 is 2.65 bits per heavy atom. The molecule has 0 aliphatic carbocycles. The van der Waals surface area contributed by atoms with Crippen molar-refractivity contribution >= 4 is 45.4 Å². The third kappa shape index (κ3) is 5.03. The molecule has 0 radical (unpaired) electrons. The van der Waals surface area contributed by atoms with Crippen LogP contribution >= 0.6 is 27.5 Å². The maximum Gasteiger partial charge on any atom is 0.281 e. The standard InChI is InChI=1S/C24H18BrClN2O3/c25-19-5-2-4-18(12-19)22-13-23(17-7-9-20(26)10-8-17)28(27-22)24(30)15-31-21-6-1-3-16(11-21)14-29/h1-12,14,23H,13,15H2. The van der Waals surface area contributed by atoms with Gasteiger partial charge in [-0.3, -0.25) is 9.59 Å². The number of aldehydes is 1. The van der Waals surface area contributed by atoms with Gasteiger partial charge in [-0.25, -0.2) is 5.01 Å². The van der Waals surface area contributed by atoms with E-state index in [1.807, 2.05) is 36.4 Å². The molecular weight excluding hydrogens is 480 g/mol. The third-order valence-electron chi connectivity index (χ3n) is 4.93. The number of hydrogen-bond donors (Lipinski definition) is 0. The smallest absolute Gasteiger partial charge is 0.281 e. The number of halogens is 2. The molecule has 0 saturated carbocycles. The highest BCUT2D eigenvalue weighted by molar-refractivity contribution is 9.10. The fourth-order valence-electron chi connectivity index (χ4n) is 3.42. The maximum absolute atomic E-state index is 13.1. The summed E-state index contributed by atoms with van der Waals surface area (Å²) >= 11 is 9.53. The normalized spacial score (nSPS) is 15.5. The Kier molecular flexibility index (Phi) is 6.49. The molecule has 3 aromatic rings. The second-order valence-corrected chi connectivity index (χ2v) is 8.40. The molecule has 156 valence electrons. The molecular formula is C24H18BrClN2O3. The predicted octanol–water partition coefficient (Wildman–Crippen LogP) is 5.67. The number of carbonyl (C=O) groups excluding carboxylic acids is 2. The average Bonchev–Trinajstić information content (AvgIpc) is 3.24. The molecule has 3 aromatic carbocycles. The minimum atomic E-state index is -0.276. The lowest BCUT2D eigenvalue weighted by Crippen LogP contribution is -2.31. The number of benzene rings is 3. The van der Waals surface area contributed by atoms with E-state index < -0.39 is 0 Å². The first-order valence-corrected chi connectivity index (χ1v) is 10.8. The summed E-state index contributed by atoms with van der Waals surface area (Å²) in [5.74, 6) is 0.179. The summed E-state index contributed by atoms with van der Waals surface area (Å²) in [6.45, 7) is -0.193. The van der Waals surface area contributed by atoms with Gasteiger partial charge in [-0.1, -0.05) is 63.9 Å². The highest BCUT2D eigenvalue weighted by Gasteiger charge is 2.33. The van der Waals surface area contributed by atoms with Crippen molar-refractivity contribution in [1.82, 2.24) is 5.01 Å². The molecule has 1 atom stereocenters. The molecule has 1 heterocycles. The number of amides is 1. The van der Waals surface area contributed by atoms with Gasteiger partial charge in [0, 0.05) is 21.5 Å². The largest absolute Gasteiger partial charge is 0.484 e. The van der Waals surface area contributed by atoms with Crippen LogP contribution in [0.4, 0.5) is 0 Å².